The van der Waals surface area contributed by atoms with Crippen LogP contribution in [0.2, 0.25) is 0 Å². The maximum Gasteiger partial charge on any atom is 0.258 e. The summed E-state index contributed by atoms with van der Waals surface area (Å²) in [6.45, 7) is 5.75. The van der Waals surface area contributed by atoms with Crippen molar-refractivity contribution in [3.63, 3.8) is 0 Å². The van der Waals surface area contributed by atoms with Gasteiger partial charge in [0.15, 0.2) is 5.65 Å². The van der Waals surface area contributed by atoms with E-state index in [1.165, 1.54) is 0 Å². The van der Waals surface area contributed by atoms with Gasteiger partial charge in [0.1, 0.15) is 6.07 Å². The molecule has 4 heterocycles. The molecule has 0 bridgehead atoms. The van der Waals surface area contributed by atoms with Crippen molar-refractivity contribution in [1.82, 2.24) is 19.3 Å². The van der Waals surface area contributed by atoms with Crippen molar-refractivity contribution >= 4 is 16.4 Å². The van der Waals surface area contributed by atoms with Crippen LogP contribution in [0, 0.1) is 25.2 Å². The van der Waals surface area contributed by atoms with Crippen LogP contribution >= 0.6 is 0 Å². The van der Waals surface area contributed by atoms with Gasteiger partial charge in [-0.15, -0.1) is 0 Å². The summed E-state index contributed by atoms with van der Waals surface area (Å²) in [5.74, 6) is 0. The third kappa shape index (κ3) is 2.82. The number of nitrogens with one attached hydrogen (secondary N) is 1. The highest BCUT2D eigenvalue weighted by Crippen LogP contribution is 2.28. The molecule has 6 nitrogen and oxygen atoms in total. The zero-order chi connectivity index (χ0) is 20.1. The Morgan fingerprint density at radius 1 is 1.14 bits per heavy atom. The van der Waals surface area contributed by atoms with Crippen LogP contribution in [0.15, 0.2) is 47.7 Å². The molecule has 0 unspecified atom stereocenters. The Kier molecular flexibility index (Phi) is 4.00. The van der Waals surface area contributed by atoms with E-state index in [1.807, 2.05) is 59.6 Å². The van der Waals surface area contributed by atoms with E-state index in [4.69, 9.17) is 0 Å². The van der Waals surface area contributed by atoms with Crippen molar-refractivity contribution in [2.24, 2.45) is 0 Å². The van der Waals surface area contributed by atoms with Crippen molar-refractivity contribution in [2.75, 3.05) is 13.1 Å². The lowest BCUT2D eigenvalue weighted by Crippen LogP contribution is -2.26. The third-order valence-electron chi connectivity index (χ3n) is 5.80. The summed E-state index contributed by atoms with van der Waals surface area (Å²) in [7, 11) is 0. The summed E-state index contributed by atoms with van der Waals surface area (Å²) in [4.78, 5) is 17.5. The highest BCUT2D eigenvalue weighted by atomic mass is 16.1. The fourth-order valence-electron chi connectivity index (χ4n) is 4.32. The molecule has 1 aromatic carbocycles. The monoisotopic (exact) mass is 383 g/mol. The quantitative estimate of drug-likeness (QED) is 0.576. The maximum absolute atomic E-state index is 13.1. The first kappa shape index (κ1) is 17.7. The van der Waals surface area contributed by atoms with Gasteiger partial charge >= 0.3 is 0 Å². The molecule has 1 N–H and O–H groups in total. The van der Waals surface area contributed by atoms with Crippen LogP contribution in [-0.4, -0.2) is 27.0 Å². The minimum Gasteiger partial charge on any atom is -0.315 e. The molecule has 29 heavy (non-hydrogen) atoms. The molecular weight excluding hydrogens is 362 g/mol. The number of rotatable bonds is 2. The van der Waals surface area contributed by atoms with Crippen molar-refractivity contribution in [3.8, 4) is 17.2 Å². The SMILES string of the molecule is Cc1cn2cc(-c3ccc4c(=O)n([C@@H]5CCNC5)cc(C)c4c3)cc(C#N)c2n1. The molecule has 1 saturated heterocycles. The number of pyridine rings is 2. The number of hydrogen-bond donors (Lipinski definition) is 1. The van der Waals surface area contributed by atoms with Gasteiger partial charge in [-0.25, -0.2) is 4.98 Å². The summed E-state index contributed by atoms with van der Waals surface area (Å²) in [5, 5.41) is 14.6. The first-order valence-electron chi connectivity index (χ1n) is 9.81. The Bertz CT molecular complexity index is 1370. The highest BCUT2D eigenvalue weighted by Gasteiger charge is 2.19. The lowest BCUT2D eigenvalue weighted by molar-refractivity contribution is 0.531. The predicted molar refractivity (Wildman–Crippen MR) is 113 cm³/mol. The zero-order valence-electron chi connectivity index (χ0n) is 16.4. The summed E-state index contributed by atoms with van der Waals surface area (Å²) in [6.07, 6.45) is 6.86. The second-order valence-corrected chi connectivity index (χ2v) is 7.80. The number of fused-ring (bicyclic) bond motifs is 2. The molecule has 0 aliphatic carbocycles. The molecule has 0 radical (unpaired) electrons. The van der Waals surface area contributed by atoms with E-state index in [1.54, 1.807) is 0 Å². The van der Waals surface area contributed by atoms with Crippen molar-refractivity contribution in [1.29, 1.82) is 5.26 Å². The fourth-order valence-corrected chi connectivity index (χ4v) is 4.32. The van der Waals surface area contributed by atoms with Crippen molar-refractivity contribution < 1.29 is 0 Å². The van der Waals surface area contributed by atoms with Gasteiger partial charge in [0.2, 0.25) is 0 Å². The molecule has 144 valence electrons. The van der Waals surface area contributed by atoms with E-state index in [9.17, 15) is 10.1 Å². The molecule has 1 aliphatic rings. The average molecular weight is 383 g/mol. The molecule has 4 aromatic rings. The summed E-state index contributed by atoms with van der Waals surface area (Å²) in [5.41, 5.74) is 5.12. The largest absolute Gasteiger partial charge is 0.315 e. The number of aromatic nitrogens is 3. The fraction of sp³-hybridized carbons (Fsp3) is 0.261. The number of hydrogen-bond acceptors (Lipinski definition) is 4. The molecule has 6 heteroatoms. The number of nitrogens with zero attached hydrogens (tertiary/aromatic N) is 4. The zero-order valence-corrected chi connectivity index (χ0v) is 16.4. The lowest BCUT2D eigenvalue weighted by atomic mass is 10.00. The first-order valence-corrected chi connectivity index (χ1v) is 9.81. The second-order valence-electron chi connectivity index (χ2n) is 7.80. The van der Waals surface area contributed by atoms with E-state index in [2.05, 4.69) is 22.4 Å². The summed E-state index contributed by atoms with van der Waals surface area (Å²) < 4.78 is 3.77. The highest BCUT2D eigenvalue weighted by molar-refractivity contribution is 5.89. The van der Waals surface area contributed by atoms with Gasteiger partial charge in [0.05, 0.1) is 17.3 Å². The topological polar surface area (TPSA) is 75.1 Å². The molecular formula is C23H21N5O. The molecule has 0 amide bonds. The number of aryl methyl sites for hydroxylation is 2. The summed E-state index contributed by atoms with van der Waals surface area (Å²) in [6, 6.07) is 10.3. The standard InChI is InChI=1S/C23H21N5O/c1-14-11-28(19-5-6-25-10-19)23(29)20-4-3-16(8-21(14)20)18-7-17(9-24)22-26-15(2)12-27(22)13-18/h3-4,7-8,11-13,19,25H,5-6,10H2,1-2H3/t19-/m1/s1. The Hall–Kier alpha value is -3.43. The van der Waals surface area contributed by atoms with Gasteiger partial charge in [-0.05, 0) is 67.1 Å². The number of nitriles is 1. The van der Waals surface area contributed by atoms with Crippen LogP contribution < -0.4 is 10.9 Å². The van der Waals surface area contributed by atoms with E-state index in [0.29, 0.717) is 11.2 Å². The van der Waals surface area contributed by atoms with Crippen LogP contribution in [0.25, 0.3) is 27.5 Å². The molecule has 0 saturated carbocycles. The van der Waals surface area contributed by atoms with Gasteiger partial charge in [0, 0.05) is 30.5 Å². The number of benzene rings is 1. The maximum atomic E-state index is 13.1. The minimum absolute atomic E-state index is 0.0595. The van der Waals surface area contributed by atoms with Crippen LogP contribution in [0.5, 0.6) is 0 Å². The Morgan fingerprint density at radius 2 is 2.00 bits per heavy atom. The van der Waals surface area contributed by atoms with E-state index < -0.39 is 0 Å². The predicted octanol–water partition coefficient (Wildman–Crippen LogP) is 3.34. The average Bonchev–Trinajstić information content (AvgIpc) is 3.38. The minimum atomic E-state index is 0.0595. The van der Waals surface area contributed by atoms with Crippen LogP contribution in [0.1, 0.15) is 29.3 Å². The lowest BCUT2D eigenvalue weighted by Gasteiger charge is -2.16. The van der Waals surface area contributed by atoms with Crippen LogP contribution in [0.3, 0.4) is 0 Å². The molecule has 1 atom stereocenters. The number of imidazole rings is 1. The van der Waals surface area contributed by atoms with Gasteiger partial charge in [0.25, 0.3) is 5.56 Å². The van der Waals surface area contributed by atoms with Crippen molar-refractivity contribution in [3.05, 3.63) is 70.0 Å². The summed E-state index contributed by atoms with van der Waals surface area (Å²) >= 11 is 0. The third-order valence-corrected chi connectivity index (χ3v) is 5.80. The van der Waals surface area contributed by atoms with Gasteiger partial charge in [-0.2, -0.15) is 5.26 Å². The first-order chi connectivity index (χ1) is 14.0. The Labute approximate surface area is 168 Å². The molecule has 0 spiro atoms. The van der Waals surface area contributed by atoms with E-state index in [-0.39, 0.29) is 11.6 Å². The van der Waals surface area contributed by atoms with Crippen LogP contribution in [0.4, 0.5) is 0 Å². The van der Waals surface area contributed by atoms with Gasteiger partial charge in [-0.3, -0.25) is 4.79 Å². The van der Waals surface area contributed by atoms with Crippen LogP contribution in [-0.2, 0) is 0 Å². The normalized spacial score (nSPS) is 16.5. The van der Waals surface area contributed by atoms with Gasteiger partial charge in [-0.1, -0.05) is 6.07 Å². The smallest absolute Gasteiger partial charge is 0.258 e. The molecule has 5 rings (SSSR count). The van der Waals surface area contributed by atoms with Crippen molar-refractivity contribution in [2.45, 2.75) is 26.3 Å². The molecule has 1 aliphatic heterocycles. The molecule has 3 aromatic heterocycles. The van der Waals surface area contributed by atoms with E-state index >= 15 is 0 Å². The molecule has 1 fully saturated rings. The van der Waals surface area contributed by atoms with E-state index in [0.717, 1.165) is 52.7 Å². The Balaban J connectivity index is 1.68. The Morgan fingerprint density at radius 3 is 2.76 bits per heavy atom. The second kappa shape index (κ2) is 6.57. The van der Waals surface area contributed by atoms with Gasteiger partial charge < -0.3 is 14.3 Å².